The van der Waals surface area contributed by atoms with Gasteiger partial charge in [0.05, 0.1) is 23.6 Å². The zero-order chi connectivity index (χ0) is 23.0. The van der Waals surface area contributed by atoms with Crippen molar-refractivity contribution in [2.75, 3.05) is 33.4 Å². The molecule has 1 saturated carbocycles. The van der Waals surface area contributed by atoms with Crippen LogP contribution in [0.5, 0.6) is 11.5 Å². The molecule has 1 heterocycles. The third-order valence-corrected chi connectivity index (χ3v) is 8.50. The van der Waals surface area contributed by atoms with Gasteiger partial charge in [-0.05, 0) is 65.8 Å². The van der Waals surface area contributed by atoms with Crippen molar-refractivity contribution in [2.24, 2.45) is 11.3 Å². The van der Waals surface area contributed by atoms with Crippen LogP contribution in [0.1, 0.15) is 57.4 Å². The first kappa shape index (κ1) is 23.6. The van der Waals surface area contributed by atoms with Gasteiger partial charge in [-0.2, -0.15) is 0 Å². The molecule has 0 bridgehead atoms. The first-order chi connectivity index (χ1) is 15.3. The minimum Gasteiger partial charge on any atom is -0.493 e. The summed E-state index contributed by atoms with van der Waals surface area (Å²) in [6.45, 7) is 8.48. The molecule has 0 aliphatic heterocycles. The largest absolute Gasteiger partial charge is 0.493 e. The number of aliphatic hydroxyl groups is 1. The third-order valence-electron chi connectivity index (χ3n) is 7.02. The zero-order valence-electron chi connectivity index (χ0n) is 19.2. The number of benzene rings is 1. The van der Waals surface area contributed by atoms with E-state index in [1.54, 1.807) is 18.4 Å². The Kier molecular flexibility index (Phi) is 6.87. The summed E-state index contributed by atoms with van der Waals surface area (Å²) >= 11 is 8.14. The highest BCUT2D eigenvalue weighted by Gasteiger charge is 2.63. The van der Waals surface area contributed by atoms with Gasteiger partial charge in [-0.25, -0.2) is 0 Å². The molecular formula is C25H32ClNO4S. The molecule has 2 aliphatic rings. The number of aryl methyl sites for hydroxylation is 2. The van der Waals surface area contributed by atoms with E-state index in [-0.39, 0.29) is 12.4 Å². The molecule has 7 heteroatoms. The third kappa shape index (κ3) is 4.30. The van der Waals surface area contributed by atoms with Gasteiger partial charge in [0, 0.05) is 24.4 Å². The summed E-state index contributed by atoms with van der Waals surface area (Å²) in [4.78, 5) is 15.4. The Hall–Kier alpha value is -1.60. The molecule has 0 radical (unpaired) electrons. The minimum atomic E-state index is 0.0878. The second-order valence-electron chi connectivity index (χ2n) is 9.34. The molecule has 1 fully saturated rings. The van der Waals surface area contributed by atoms with Gasteiger partial charge >= 0.3 is 0 Å². The molecule has 1 aromatic carbocycles. The van der Waals surface area contributed by atoms with Crippen molar-refractivity contribution in [3.8, 4) is 11.5 Å². The maximum Gasteiger partial charge on any atom is 0.179 e. The molecule has 2 aromatic rings. The Bertz CT molecular complexity index is 1020. The van der Waals surface area contributed by atoms with Gasteiger partial charge in [-0.15, -0.1) is 11.3 Å². The number of carbonyl (C=O) groups excluding carboxylic acids is 1. The van der Waals surface area contributed by atoms with E-state index in [9.17, 15) is 4.79 Å². The number of Topliss-reactive ketones (excluding diaryl/α,β-unsaturated/α-hetero) is 1. The fourth-order valence-electron chi connectivity index (χ4n) is 5.22. The van der Waals surface area contributed by atoms with Crippen LogP contribution in [0.15, 0.2) is 12.1 Å². The van der Waals surface area contributed by atoms with Crippen LogP contribution in [-0.4, -0.2) is 44.3 Å². The quantitative estimate of drug-likeness (QED) is 0.359. The predicted molar refractivity (Wildman–Crippen MR) is 129 cm³/mol. The molecule has 174 valence electrons. The number of nitrogens with one attached hydrogen (secondary N) is 1. The van der Waals surface area contributed by atoms with Crippen molar-refractivity contribution in [2.45, 2.75) is 46.0 Å². The number of carbonyl (C=O) groups is 1. The van der Waals surface area contributed by atoms with Crippen molar-refractivity contribution in [3.63, 3.8) is 0 Å². The van der Waals surface area contributed by atoms with Crippen LogP contribution in [0.25, 0.3) is 0 Å². The van der Waals surface area contributed by atoms with Crippen molar-refractivity contribution >= 4 is 28.7 Å². The maximum atomic E-state index is 13.1. The summed E-state index contributed by atoms with van der Waals surface area (Å²) < 4.78 is 11.3. The molecule has 0 unspecified atom stereocenters. The highest BCUT2D eigenvalue weighted by molar-refractivity contribution is 7.14. The molecule has 2 atom stereocenters. The molecule has 2 N–H and O–H groups in total. The Balaban J connectivity index is 1.40. The van der Waals surface area contributed by atoms with E-state index >= 15 is 0 Å². The van der Waals surface area contributed by atoms with Gasteiger partial charge in [0.25, 0.3) is 0 Å². The number of rotatable bonds is 11. The molecule has 1 aromatic heterocycles. The van der Waals surface area contributed by atoms with Gasteiger partial charge in [0.1, 0.15) is 6.61 Å². The average molecular weight is 478 g/mol. The lowest BCUT2D eigenvalue weighted by Crippen LogP contribution is -2.24. The molecule has 32 heavy (non-hydrogen) atoms. The lowest BCUT2D eigenvalue weighted by Gasteiger charge is -2.14. The molecule has 5 nitrogen and oxygen atoms in total. The monoisotopic (exact) mass is 477 g/mol. The molecular weight excluding hydrogens is 446 g/mol. The van der Waals surface area contributed by atoms with Crippen molar-refractivity contribution in [1.29, 1.82) is 0 Å². The van der Waals surface area contributed by atoms with Crippen molar-refractivity contribution < 1.29 is 19.4 Å². The number of aliphatic hydroxyl groups excluding tert-OH is 1. The van der Waals surface area contributed by atoms with Crippen LogP contribution in [0, 0.1) is 18.3 Å². The molecule has 4 rings (SSSR count). The van der Waals surface area contributed by atoms with Gasteiger partial charge in [-0.1, -0.05) is 25.4 Å². The smallest absolute Gasteiger partial charge is 0.179 e. The topological polar surface area (TPSA) is 67.8 Å². The van der Waals surface area contributed by atoms with Crippen molar-refractivity contribution in [3.05, 3.63) is 43.6 Å². The molecule has 0 amide bonds. The van der Waals surface area contributed by atoms with Gasteiger partial charge < -0.3 is 19.9 Å². The highest BCUT2D eigenvalue weighted by atomic mass is 35.5. The second-order valence-corrected chi connectivity index (χ2v) is 11.0. The standard InChI is InChI=1S/C25H32ClNO4S/c1-14-21-16(13-17-22(21)25(17,2)3)24(32-14)19(29)6-5-15-11-18(26)23(20(12-15)30-4)31-10-8-27-7-9-28/h11-12,17,22,27-28H,5-10,13H2,1-4H3/t17-,22-/m1/s1. The lowest BCUT2D eigenvalue weighted by atomic mass is 9.94. The van der Waals surface area contributed by atoms with E-state index in [0.717, 1.165) is 16.9 Å². The SMILES string of the molecule is COc1cc(CCC(=O)c2sc(C)c3c2C[C@@H]2[C@H]3C2(C)C)cc(Cl)c1OCCNCCO. The fraction of sp³-hybridized carbons (Fsp3) is 0.560. The van der Waals surface area contributed by atoms with Crippen LogP contribution in [-0.2, 0) is 12.8 Å². The van der Waals surface area contributed by atoms with Crippen LogP contribution in [0.2, 0.25) is 5.02 Å². The number of methoxy groups -OCH3 is 1. The van der Waals surface area contributed by atoms with Crippen LogP contribution in [0.4, 0.5) is 0 Å². The Labute approximate surface area is 199 Å². The number of halogens is 1. The van der Waals surface area contributed by atoms with Gasteiger partial charge in [-0.3, -0.25) is 4.79 Å². The summed E-state index contributed by atoms with van der Waals surface area (Å²) in [6.07, 6.45) is 2.12. The summed E-state index contributed by atoms with van der Waals surface area (Å²) in [5, 5.41) is 12.3. The molecule has 0 saturated heterocycles. The second kappa shape index (κ2) is 9.34. The predicted octanol–water partition coefficient (Wildman–Crippen LogP) is 4.79. The minimum absolute atomic E-state index is 0.0878. The van der Waals surface area contributed by atoms with E-state index in [2.05, 4.69) is 26.1 Å². The zero-order valence-corrected chi connectivity index (χ0v) is 20.8. The van der Waals surface area contributed by atoms with Crippen LogP contribution in [0.3, 0.4) is 0 Å². The number of ketones is 1. The lowest BCUT2D eigenvalue weighted by molar-refractivity contribution is 0.0985. The van der Waals surface area contributed by atoms with E-state index in [1.807, 2.05) is 12.1 Å². The number of ether oxygens (including phenoxy) is 2. The first-order valence-corrected chi connectivity index (χ1v) is 12.4. The Morgan fingerprint density at radius 3 is 2.84 bits per heavy atom. The number of thiophene rings is 1. The number of hydrogen-bond donors (Lipinski definition) is 2. The Morgan fingerprint density at radius 2 is 2.12 bits per heavy atom. The van der Waals surface area contributed by atoms with E-state index in [1.165, 1.54) is 16.0 Å². The number of hydrogen-bond acceptors (Lipinski definition) is 6. The molecule has 0 spiro atoms. The number of fused-ring (bicyclic) bond motifs is 3. The van der Waals surface area contributed by atoms with Crippen molar-refractivity contribution in [1.82, 2.24) is 5.32 Å². The highest BCUT2D eigenvalue weighted by Crippen LogP contribution is 2.71. The average Bonchev–Trinajstić information content (AvgIpc) is 3.08. The van der Waals surface area contributed by atoms with Gasteiger partial charge in [0.2, 0.25) is 0 Å². The van der Waals surface area contributed by atoms with Gasteiger partial charge in [0.15, 0.2) is 17.3 Å². The summed E-state index contributed by atoms with van der Waals surface area (Å²) in [5.74, 6) is 2.65. The summed E-state index contributed by atoms with van der Waals surface area (Å²) in [6, 6.07) is 3.76. The summed E-state index contributed by atoms with van der Waals surface area (Å²) in [7, 11) is 1.59. The normalized spacial score (nSPS) is 20.1. The van der Waals surface area contributed by atoms with E-state index in [4.69, 9.17) is 26.2 Å². The van der Waals surface area contributed by atoms with E-state index < -0.39 is 0 Å². The first-order valence-electron chi connectivity index (χ1n) is 11.3. The molecule has 2 aliphatic carbocycles. The van der Waals surface area contributed by atoms with E-state index in [0.29, 0.717) is 66.3 Å². The fourth-order valence-corrected chi connectivity index (χ4v) is 6.70. The van der Waals surface area contributed by atoms with Crippen LogP contribution < -0.4 is 14.8 Å². The maximum absolute atomic E-state index is 13.1. The van der Waals surface area contributed by atoms with Crippen LogP contribution >= 0.6 is 22.9 Å². The summed E-state index contributed by atoms with van der Waals surface area (Å²) in [5.41, 5.74) is 4.14. The Morgan fingerprint density at radius 1 is 1.34 bits per heavy atom.